The van der Waals surface area contributed by atoms with Gasteiger partial charge in [-0.05, 0) is 43.7 Å². The number of amides is 2. The largest absolute Gasteiger partial charge is 0.365 e. The van der Waals surface area contributed by atoms with Crippen LogP contribution >= 0.6 is 11.3 Å². The molecule has 0 saturated carbocycles. The standard InChI is InChI=1S/C18H21N3O2S/c1-12-6-9-21(10-7-12)11-8-15(22)20-18-16(17(19)23)13-4-2-3-5-14(13)24-18/h6-7,9-10H,2-5,8,11H2,1H3,(H2-,19,20,22,23)/p+1. The molecule has 2 heterocycles. The van der Waals surface area contributed by atoms with Crippen LogP contribution in [0.1, 0.15) is 45.6 Å². The van der Waals surface area contributed by atoms with Crippen molar-refractivity contribution in [2.75, 3.05) is 5.32 Å². The molecular formula is C18H22N3O2S+. The molecule has 3 rings (SSSR count). The van der Waals surface area contributed by atoms with Crippen molar-refractivity contribution in [3.63, 3.8) is 0 Å². The van der Waals surface area contributed by atoms with Gasteiger partial charge in [-0.1, -0.05) is 0 Å². The fraction of sp³-hybridized carbons (Fsp3) is 0.389. The van der Waals surface area contributed by atoms with Crippen LogP contribution in [0.3, 0.4) is 0 Å². The highest BCUT2D eigenvalue weighted by atomic mass is 32.1. The number of nitrogens with two attached hydrogens (primary N) is 1. The van der Waals surface area contributed by atoms with Crippen molar-refractivity contribution in [2.24, 2.45) is 5.73 Å². The van der Waals surface area contributed by atoms with Crippen molar-refractivity contribution in [3.8, 4) is 0 Å². The van der Waals surface area contributed by atoms with Crippen LogP contribution in [-0.2, 0) is 24.2 Å². The summed E-state index contributed by atoms with van der Waals surface area (Å²) in [7, 11) is 0. The summed E-state index contributed by atoms with van der Waals surface area (Å²) in [5.74, 6) is -0.540. The molecule has 0 bridgehead atoms. The molecule has 0 radical (unpaired) electrons. The lowest BCUT2D eigenvalue weighted by atomic mass is 9.95. The summed E-state index contributed by atoms with van der Waals surface area (Å²) >= 11 is 1.50. The van der Waals surface area contributed by atoms with Crippen LogP contribution in [0.4, 0.5) is 5.00 Å². The smallest absolute Gasteiger partial charge is 0.251 e. The molecule has 0 spiro atoms. The van der Waals surface area contributed by atoms with E-state index in [0.717, 1.165) is 31.2 Å². The third kappa shape index (κ3) is 3.64. The second-order valence-corrected chi connectivity index (χ2v) is 7.30. The van der Waals surface area contributed by atoms with E-state index < -0.39 is 5.91 Å². The van der Waals surface area contributed by atoms with Gasteiger partial charge in [0, 0.05) is 17.0 Å². The number of fused-ring (bicyclic) bond motifs is 1. The van der Waals surface area contributed by atoms with Gasteiger partial charge in [-0.3, -0.25) is 9.59 Å². The number of primary amides is 1. The SMILES string of the molecule is Cc1cc[n+](CCC(=O)Nc2sc3c(c2C(N)=O)CCCC3)cc1. The molecule has 3 N–H and O–H groups in total. The van der Waals surface area contributed by atoms with Crippen LogP contribution in [0.2, 0.25) is 0 Å². The first-order valence-electron chi connectivity index (χ1n) is 8.24. The zero-order valence-electron chi connectivity index (χ0n) is 13.8. The van der Waals surface area contributed by atoms with Crippen molar-refractivity contribution < 1.29 is 14.2 Å². The van der Waals surface area contributed by atoms with E-state index in [1.165, 1.54) is 21.8 Å². The number of hydrogen-bond donors (Lipinski definition) is 2. The lowest BCUT2D eigenvalue weighted by Crippen LogP contribution is -2.34. The van der Waals surface area contributed by atoms with Gasteiger partial charge in [0.25, 0.3) is 5.91 Å². The van der Waals surface area contributed by atoms with Crippen LogP contribution in [0, 0.1) is 6.92 Å². The molecule has 2 aromatic rings. The van der Waals surface area contributed by atoms with E-state index >= 15 is 0 Å². The summed E-state index contributed by atoms with van der Waals surface area (Å²) in [5.41, 5.74) is 8.30. The summed E-state index contributed by atoms with van der Waals surface area (Å²) < 4.78 is 1.97. The van der Waals surface area contributed by atoms with Crippen molar-refractivity contribution in [1.82, 2.24) is 0 Å². The van der Waals surface area contributed by atoms with Gasteiger partial charge in [0.2, 0.25) is 5.91 Å². The topological polar surface area (TPSA) is 76.1 Å². The Morgan fingerprint density at radius 1 is 1.25 bits per heavy atom. The summed E-state index contributed by atoms with van der Waals surface area (Å²) in [5, 5.41) is 3.51. The lowest BCUT2D eigenvalue weighted by Gasteiger charge is -2.11. The number of anilines is 1. The van der Waals surface area contributed by atoms with E-state index in [0.29, 0.717) is 23.5 Å². The molecule has 0 fully saturated rings. The van der Waals surface area contributed by atoms with Crippen LogP contribution in [0.5, 0.6) is 0 Å². The summed E-state index contributed by atoms with van der Waals surface area (Å²) in [6.07, 6.45) is 8.32. The van der Waals surface area contributed by atoms with E-state index in [9.17, 15) is 9.59 Å². The molecular weight excluding hydrogens is 322 g/mol. The first-order valence-corrected chi connectivity index (χ1v) is 9.06. The van der Waals surface area contributed by atoms with Gasteiger partial charge in [-0.2, -0.15) is 0 Å². The van der Waals surface area contributed by atoms with Crippen LogP contribution < -0.4 is 15.6 Å². The van der Waals surface area contributed by atoms with E-state index in [4.69, 9.17) is 5.73 Å². The molecule has 0 atom stereocenters. The molecule has 0 unspecified atom stereocenters. The number of hydrogen-bond acceptors (Lipinski definition) is 3. The minimum absolute atomic E-state index is 0.0934. The molecule has 2 amide bonds. The first-order chi connectivity index (χ1) is 11.5. The predicted octanol–water partition coefficient (Wildman–Crippen LogP) is 2.35. The molecule has 1 aliphatic carbocycles. The third-order valence-electron chi connectivity index (χ3n) is 4.33. The highest BCUT2D eigenvalue weighted by Crippen LogP contribution is 2.37. The number of nitrogens with zero attached hydrogens (tertiary/aromatic N) is 1. The fourth-order valence-electron chi connectivity index (χ4n) is 3.02. The number of carbonyl (C=O) groups excluding carboxylic acids is 2. The van der Waals surface area contributed by atoms with Crippen molar-refractivity contribution in [3.05, 3.63) is 46.1 Å². The second-order valence-electron chi connectivity index (χ2n) is 6.19. The highest BCUT2D eigenvalue weighted by molar-refractivity contribution is 7.17. The Balaban J connectivity index is 1.69. The average Bonchev–Trinajstić information content (AvgIpc) is 2.92. The molecule has 6 heteroatoms. The average molecular weight is 344 g/mol. The molecule has 5 nitrogen and oxygen atoms in total. The third-order valence-corrected chi connectivity index (χ3v) is 5.53. The zero-order valence-corrected chi connectivity index (χ0v) is 14.6. The van der Waals surface area contributed by atoms with Gasteiger partial charge < -0.3 is 11.1 Å². The molecule has 0 aliphatic heterocycles. The number of rotatable bonds is 5. The Labute approximate surface area is 145 Å². The molecule has 0 aromatic carbocycles. The van der Waals surface area contributed by atoms with Gasteiger partial charge in [0.15, 0.2) is 18.9 Å². The number of thiophene rings is 1. The highest BCUT2D eigenvalue weighted by Gasteiger charge is 2.25. The Hall–Kier alpha value is -2.21. The van der Waals surface area contributed by atoms with Gasteiger partial charge in [-0.15, -0.1) is 11.3 Å². The zero-order chi connectivity index (χ0) is 17.1. The van der Waals surface area contributed by atoms with Gasteiger partial charge in [0.05, 0.1) is 12.0 Å². The fourth-order valence-corrected chi connectivity index (χ4v) is 4.33. The quantitative estimate of drug-likeness (QED) is 0.817. The van der Waals surface area contributed by atoms with Gasteiger partial charge in [0.1, 0.15) is 5.00 Å². The minimum Gasteiger partial charge on any atom is -0.365 e. The predicted molar refractivity (Wildman–Crippen MR) is 94.1 cm³/mol. The molecule has 2 aromatic heterocycles. The Morgan fingerprint density at radius 3 is 2.67 bits per heavy atom. The molecule has 1 aliphatic rings. The monoisotopic (exact) mass is 344 g/mol. The van der Waals surface area contributed by atoms with Crippen LogP contribution in [0.25, 0.3) is 0 Å². The van der Waals surface area contributed by atoms with Gasteiger partial charge >= 0.3 is 0 Å². The summed E-state index contributed by atoms with van der Waals surface area (Å²) in [6.45, 7) is 2.63. The number of carbonyl (C=O) groups is 2. The summed E-state index contributed by atoms with van der Waals surface area (Å²) in [6, 6.07) is 4.02. The Morgan fingerprint density at radius 2 is 1.96 bits per heavy atom. The maximum absolute atomic E-state index is 12.3. The van der Waals surface area contributed by atoms with Gasteiger partial charge in [-0.25, -0.2) is 4.57 Å². The number of aromatic nitrogens is 1. The van der Waals surface area contributed by atoms with E-state index in [2.05, 4.69) is 5.32 Å². The maximum Gasteiger partial charge on any atom is 0.251 e. The Bertz CT molecular complexity index is 765. The van der Waals surface area contributed by atoms with Crippen LogP contribution in [-0.4, -0.2) is 11.8 Å². The normalized spacial score (nSPS) is 13.4. The summed E-state index contributed by atoms with van der Waals surface area (Å²) in [4.78, 5) is 25.3. The first kappa shape index (κ1) is 16.6. The lowest BCUT2D eigenvalue weighted by molar-refractivity contribution is -0.695. The molecule has 0 saturated heterocycles. The number of pyridine rings is 1. The number of nitrogens with one attached hydrogen (secondary N) is 1. The Kier molecular flexibility index (Phi) is 4.94. The van der Waals surface area contributed by atoms with E-state index in [1.807, 2.05) is 36.0 Å². The second kappa shape index (κ2) is 7.13. The van der Waals surface area contributed by atoms with Crippen molar-refractivity contribution >= 4 is 28.2 Å². The van der Waals surface area contributed by atoms with Crippen LogP contribution in [0.15, 0.2) is 24.5 Å². The molecule has 126 valence electrons. The van der Waals surface area contributed by atoms with Crippen molar-refractivity contribution in [2.45, 2.75) is 45.6 Å². The van der Waals surface area contributed by atoms with Crippen molar-refractivity contribution in [1.29, 1.82) is 0 Å². The van der Waals surface area contributed by atoms with E-state index in [1.54, 1.807) is 0 Å². The number of aryl methyl sites for hydroxylation is 3. The maximum atomic E-state index is 12.3. The molecule has 24 heavy (non-hydrogen) atoms. The van der Waals surface area contributed by atoms with E-state index in [-0.39, 0.29) is 5.91 Å². The minimum atomic E-state index is -0.447.